The Morgan fingerprint density at radius 3 is 2.33 bits per heavy atom. The summed E-state index contributed by atoms with van der Waals surface area (Å²) in [7, 11) is -0.763. The molecule has 6 heteroatoms. The lowest BCUT2D eigenvalue weighted by molar-refractivity contribution is 0.0596. The van der Waals surface area contributed by atoms with E-state index < -0.39 is 15.8 Å². The molecule has 0 aliphatic heterocycles. The van der Waals surface area contributed by atoms with Crippen molar-refractivity contribution >= 4 is 15.8 Å². The van der Waals surface area contributed by atoms with Gasteiger partial charge in [0, 0.05) is 6.26 Å². The van der Waals surface area contributed by atoms with E-state index in [4.69, 9.17) is 4.74 Å². The summed E-state index contributed by atoms with van der Waals surface area (Å²) in [5.41, 5.74) is 0.789. The van der Waals surface area contributed by atoms with E-state index in [0.717, 1.165) is 19.1 Å². The zero-order valence-electron chi connectivity index (χ0n) is 13.1. The van der Waals surface area contributed by atoms with Gasteiger partial charge in [-0.15, -0.1) is 0 Å². The van der Waals surface area contributed by atoms with Crippen LogP contribution >= 0.6 is 0 Å². The molecule has 0 amide bonds. The van der Waals surface area contributed by atoms with Crippen LogP contribution < -0.4 is 4.74 Å². The van der Waals surface area contributed by atoms with Crippen molar-refractivity contribution in [1.82, 2.24) is 0 Å². The minimum absolute atomic E-state index is 0.0559. The lowest BCUT2D eigenvalue weighted by atomic mass is 9.95. The number of esters is 1. The highest BCUT2D eigenvalue weighted by Crippen LogP contribution is 2.33. The van der Waals surface area contributed by atoms with Gasteiger partial charge in [-0.2, -0.15) is 0 Å². The summed E-state index contributed by atoms with van der Waals surface area (Å²) in [6.45, 7) is 4.00. The van der Waals surface area contributed by atoms with Gasteiger partial charge in [0.2, 0.25) is 0 Å². The number of carbonyl (C=O) groups excluding carboxylic acids is 1. The molecule has 0 radical (unpaired) electrons. The first kappa shape index (κ1) is 17.5. The van der Waals surface area contributed by atoms with Gasteiger partial charge in [0.05, 0.1) is 19.1 Å². The van der Waals surface area contributed by atoms with E-state index in [1.165, 1.54) is 20.3 Å². The van der Waals surface area contributed by atoms with Gasteiger partial charge in [-0.25, -0.2) is 13.2 Å². The van der Waals surface area contributed by atoms with Crippen LogP contribution in [0.1, 0.15) is 48.5 Å². The lowest BCUT2D eigenvalue weighted by Crippen LogP contribution is -2.11. The third-order valence-corrected chi connectivity index (χ3v) is 4.54. The zero-order valence-corrected chi connectivity index (χ0v) is 13.9. The number of sulfone groups is 1. The number of methoxy groups -OCH3 is 2. The molecule has 118 valence electrons. The monoisotopic (exact) mass is 314 g/mol. The van der Waals surface area contributed by atoms with E-state index in [-0.39, 0.29) is 16.4 Å². The number of hydrogen-bond acceptors (Lipinski definition) is 5. The van der Waals surface area contributed by atoms with Crippen LogP contribution in [0.15, 0.2) is 17.0 Å². The Bertz CT molecular complexity index is 619. The zero-order chi connectivity index (χ0) is 16.2. The van der Waals surface area contributed by atoms with E-state index in [1.54, 1.807) is 6.07 Å². The fourth-order valence-electron chi connectivity index (χ4n) is 2.31. The summed E-state index contributed by atoms with van der Waals surface area (Å²) in [4.78, 5) is 11.9. The molecule has 0 bridgehead atoms. The smallest absolute Gasteiger partial charge is 0.341 e. The molecule has 21 heavy (non-hydrogen) atoms. The maximum Gasteiger partial charge on any atom is 0.341 e. The fraction of sp³-hybridized carbons (Fsp3) is 0.533. The van der Waals surface area contributed by atoms with Gasteiger partial charge in [0.25, 0.3) is 0 Å². The molecule has 0 saturated heterocycles. The van der Waals surface area contributed by atoms with Crippen molar-refractivity contribution in [1.29, 1.82) is 0 Å². The molecule has 1 atom stereocenters. The van der Waals surface area contributed by atoms with Gasteiger partial charge in [-0.1, -0.05) is 20.3 Å². The van der Waals surface area contributed by atoms with E-state index >= 15 is 0 Å². The molecule has 5 nitrogen and oxygen atoms in total. The van der Waals surface area contributed by atoms with Gasteiger partial charge >= 0.3 is 5.97 Å². The highest BCUT2D eigenvalue weighted by Gasteiger charge is 2.24. The maximum atomic E-state index is 12.0. The highest BCUT2D eigenvalue weighted by molar-refractivity contribution is 7.90. The van der Waals surface area contributed by atoms with Crippen LogP contribution in [-0.2, 0) is 14.6 Å². The predicted molar refractivity (Wildman–Crippen MR) is 80.8 cm³/mol. The molecule has 1 unspecified atom stereocenters. The minimum atomic E-state index is -3.45. The first-order valence-corrected chi connectivity index (χ1v) is 8.65. The fourth-order valence-corrected chi connectivity index (χ4v) is 3.33. The maximum absolute atomic E-state index is 12.0. The minimum Gasteiger partial charge on any atom is -0.496 e. The largest absolute Gasteiger partial charge is 0.496 e. The molecular weight excluding hydrogens is 292 g/mol. The number of benzene rings is 1. The Morgan fingerprint density at radius 2 is 1.90 bits per heavy atom. The van der Waals surface area contributed by atoms with Gasteiger partial charge < -0.3 is 9.47 Å². The van der Waals surface area contributed by atoms with Crippen LogP contribution in [0.5, 0.6) is 5.75 Å². The number of carbonyl (C=O) groups is 1. The summed E-state index contributed by atoms with van der Waals surface area (Å²) >= 11 is 0. The topological polar surface area (TPSA) is 69.7 Å². The summed E-state index contributed by atoms with van der Waals surface area (Å²) < 4.78 is 34.0. The average molecular weight is 314 g/mol. The second-order valence-electron chi connectivity index (χ2n) is 5.04. The quantitative estimate of drug-likeness (QED) is 0.755. The van der Waals surface area contributed by atoms with Crippen LogP contribution in [0.25, 0.3) is 0 Å². The van der Waals surface area contributed by atoms with E-state index in [1.807, 2.05) is 13.8 Å². The molecule has 1 aromatic rings. The Kier molecular flexibility index (Phi) is 5.78. The molecular formula is C15H22O5S. The van der Waals surface area contributed by atoms with Crippen molar-refractivity contribution in [2.75, 3.05) is 20.5 Å². The van der Waals surface area contributed by atoms with Crippen molar-refractivity contribution < 1.29 is 22.7 Å². The van der Waals surface area contributed by atoms with E-state index in [9.17, 15) is 13.2 Å². The van der Waals surface area contributed by atoms with Gasteiger partial charge in [-0.05, 0) is 30.0 Å². The van der Waals surface area contributed by atoms with Crippen LogP contribution in [0.3, 0.4) is 0 Å². The summed E-state index contributed by atoms with van der Waals surface area (Å²) in [6.07, 6.45) is 2.92. The van der Waals surface area contributed by atoms with Crippen LogP contribution in [0.2, 0.25) is 0 Å². The summed E-state index contributed by atoms with van der Waals surface area (Å²) in [6, 6.07) is 2.98. The SMILES string of the molecule is CCCC(C)c1cc(OC)c(C(=O)OC)cc1S(C)(=O)=O. The van der Waals surface area contributed by atoms with Gasteiger partial charge in [-0.3, -0.25) is 0 Å². The van der Waals surface area contributed by atoms with Gasteiger partial charge in [0.1, 0.15) is 11.3 Å². The first-order valence-electron chi connectivity index (χ1n) is 6.76. The van der Waals surface area contributed by atoms with E-state index in [2.05, 4.69) is 4.74 Å². The Labute approximate surface area is 126 Å². The Hall–Kier alpha value is -1.56. The van der Waals surface area contributed by atoms with Crippen LogP contribution in [0.4, 0.5) is 0 Å². The Balaban J connectivity index is 3.60. The Morgan fingerprint density at radius 1 is 1.29 bits per heavy atom. The molecule has 1 rings (SSSR count). The standard InChI is InChI=1S/C15H22O5S/c1-6-7-10(2)11-8-13(19-3)12(15(16)20-4)9-14(11)21(5,17)18/h8-10H,6-7H2,1-5H3. The number of ether oxygens (including phenoxy) is 2. The average Bonchev–Trinajstić information content (AvgIpc) is 2.44. The van der Waals surface area contributed by atoms with Crippen molar-refractivity contribution in [3.8, 4) is 5.75 Å². The van der Waals surface area contributed by atoms with Crippen molar-refractivity contribution in [2.45, 2.75) is 37.5 Å². The van der Waals surface area contributed by atoms with E-state index in [0.29, 0.717) is 11.3 Å². The molecule has 0 spiro atoms. The van der Waals surface area contributed by atoms with Crippen molar-refractivity contribution in [2.24, 2.45) is 0 Å². The summed E-state index contributed by atoms with van der Waals surface area (Å²) in [5, 5.41) is 0. The van der Waals surface area contributed by atoms with Crippen molar-refractivity contribution in [3.63, 3.8) is 0 Å². The molecule has 0 aliphatic carbocycles. The van der Waals surface area contributed by atoms with Crippen LogP contribution in [-0.4, -0.2) is 34.9 Å². The molecule has 0 aliphatic rings. The van der Waals surface area contributed by atoms with Crippen molar-refractivity contribution in [3.05, 3.63) is 23.3 Å². The highest BCUT2D eigenvalue weighted by atomic mass is 32.2. The first-order chi connectivity index (χ1) is 9.76. The molecule has 0 heterocycles. The predicted octanol–water partition coefficient (Wildman–Crippen LogP) is 2.79. The number of rotatable bonds is 6. The van der Waals surface area contributed by atoms with Crippen LogP contribution in [0, 0.1) is 0 Å². The van der Waals surface area contributed by atoms with Gasteiger partial charge in [0.15, 0.2) is 9.84 Å². The molecule has 1 aromatic carbocycles. The molecule has 0 fully saturated rings. The molecule has 0 N–H and O–H groups in total. The molecule has 0 aromatic heterocycles. The second-order valence-corrected chi connectivity index (χ2v) is 7.03. The third kappa shape index (κ3) is 3.97. The molecule has 0 saturated carbocycles. The normalized spacial score (nSPS) is 12.8. The second kappa shape index (κ2) is 6.93. The summed E-state index contributed by atoms with van der Waals surface area (Å²) in [5.74, 6) is -0.237. The third-order valence-electron chi connectivity index (χ3n) is 3.39. The lowest BCUT2D eigenvalue weighted by Gasteiger charge is -2.18. The number of hydrogen-bond donors (Lipinski definition) is 0.